The van der Waals surface area contributed by atoms with Gasteiger partial charge in [-0.15, -0.1) is 11.3 Å². The van der Waals surface area contributed by atoms with Gasteiger partial charge in [0.2, 0.25) is 0 Å². The van der Waals surface area contributed by atoms with Crippen LogP contribution in [0.4, 0.5) is 0 Å². The third-order valence-electron chi connectivity index (χ3n) is 3.81. The Kier molecular flexibility index (Phi) is 7.06. The van der Waals surface area contributed by atoms with Crippen molar-refractivity contribution in [1.29, 1.82) is 0 Å². The van der Waals surface area contributed by atoms with E-state index in [1.807, 2.05) is 18.2 Å². The molecule has 0 aliphatic heterocycles. The number of hydrogen-bond acceptors (Lipinski definition) is 4. The van der Waals surface area contributed by atoms with Crippen molar-refractivity contribution in [2.45, 2.75) is 26.7 Å². The molecule has 0 bridgehead atoms. The Balaban J connectivity index is 1.74. The van der Waals surface area contributed by atoms with E-state index in [1.165, 1.54) is 15.4 Å². The number of aromatic nitrogens is 1. The van der Waals surface area contributed by atoms with Crippen LogP contribution >= 0.6 is 11.3 Å². The zero-order valence-electron chi connectivity index (χ0n) is 14.8. The summed E-state index contributed by atoms with van der Waals surface area (Å²) in [4.78, 5) is 10.1. The molecule has 6 heteroatoms. The Labute approximate surface area is 148 Å². The Morgan fingerprint density at radius 2 is 1.88 bits per heavy atom. The van der Waals surface area contributed by atoms with E-state index >= 15 is 0 Å². The smallest absolute Gasteiger partial charge is 0.191 e. The molecular formula is C18H26N4OS. The highest BCUT2D eigenvalue weighted by Gasteiger charge is 2.05. The molecule has 0 radical (unpaired) electrons. The van der Waals surface area contributed by atoms with E-state index < -0.39 is 0 Å². The molecule has 130 valence electrons. The summed E-state index contributed by atoms with van der Waals surface area (Å²) in [5, 5.41) is 7.84. The van der Waals surface area contributed by atoms with Gasteiger partial charge in [0.25, 0.3) is 0 Å². The second kappa shape index (κ2) is 9.27. The van der Waals surface area contributed by atoms with Crippen LogP contribution in [0.1, 0.15) is 21.1 Å². The standard InChI is InChI=1S/C18H26N4OS/c1-13-14(2)24-17(22-13)10-12-21-18(19-3)20-11-9-15-7-5-6-8-16(15)23-4/h5-8H,9-12H2,1-4H3,(H2,19,20,21). The molecule has 2 aromatic rings. The summed E-state index contributed by atoms with van der Waals surface area (Å²) in [7, 11) is 3.49. The molecule has 2 rings (SSSR count). The molecule has 1 aromatic carbocycles. The van der Waals surface area contributed by atoms with Crippen LogP contribution in [-0.4, -0.2) is 38.2 Å². The second-order valence-corrected chi connectivity index (χ2v) is 6.77. The van der Waals surface area contributed by atoms with Gasteiger partial charge in [0.1, 0.15) is 5.75 Å². The lowest BCUT2D eigenvalue weighted by Crippen LogP contribution is -2.39. The van der Waals surface area contributed by atoms with E-state index in [9.17, 15) is 0 Å². The van der Waals surface area contributed by atoms with Crippen molar-refractivity contribution in [2.24, 2.45) is 4.99 Å². The second-order valence-electron chi connectivity index (χ2n) is 5.49. The van der Waals surface area contributed by atoms with Gasteiger partial charge < -0.3 is 15.4 Å². The van der Waals surface area contributed by atoms with Crippen LogP contribution in [0.5, 0.6) is 5.75 Å². The molecule has 0 amide bonds. The number of nitrogens with zero attached hydrogens (tertiary/aromatic N) is 2. The first-order valence-electron chi connectivity index (χ1n) is 8.13. The first kappa shape index (κ1) is 18.3. The molecular weight excluding hydrogens is 320 g/mol. The molecule has 0 spiro atoms. The largest absolute Gasteiger partial charge is 0.496 e. The Bertz CT molecular complexity index is 662. The summed E-state index contributed by atoms with van der Waals surface area (Å²) in [5.41, 5.74) is 2.33. The van der Waals surface area contributed by atoms with E-state index in [0.717, 1.165) is 43.3 Å². The summed E-state index contributed by atoms with van der Waals surface area (Å²) in [6.45, 7) is 5.79. The number of rotatable bonds is 7. The maximum atomic E-state index is 5.38. The average molecular weight is 347 g/mol. The van der Waals surface area contributed by atoms with Gasteiger partial charge in [-0.1, -0.05) is 18.2 Å². The number of thiazole rings is 1. The number of methoxy groups -OCH3 is 1. The van der Waals surface area contributed by atoms with Gasteiger partial charge >= 0.3 is 0 Å². The molecule has 0 unspecified atom stereocenters. The fraction of sp³-hybridized carbons (Fsp3) is 0.444. The minimum atomic E-state index is 0.801. The number of aliphatic imine (C=N–C) groups is 1. The lowest BCUT2D eigenvalue weighted by Gasteiger charge is -2.12. The van der Waals surface area contributed by atoms with Crippen LogP contribution in [-0.2, 0) is 12.8 Å². The third-order valence-corrected chi connectivity index (χ3v) is 4.94. The number of ether oxygens (including phenoxy) is 1. The predicted octanol–water partition coefficient (Wildman–Crippen LogP) is 2.72. The van der Waals surface area contributed by atoms with Crippen LogP contribution in [0.2, 0.25) is 0 Å². The fourth-order valence-electron chi connectivity index (χ4n) is 2.38. The molecule has 0 saturated carbocycles. The quantitative estimate of drug-likeness (QED) is 0.598. The maximum absolute atomic E-state index is 5.38. The summed E-state index contributed by atoms with van der Waals surface area (Å²) in [6.07, 6.45) is 1.79. The van der Waals surface area contributed by atoms with Gasteiger partial charge in [-0.2, -0.15) is 0 Å². The topological polar surface area (TPSA) is 58.5 Å². The van der Waals surface area contributed by atoms with Gasteiger partial charge in [0, 0.05) is 31.4 Å². The summed E-state index contributed by atoms with van der Waals surface area (Å²) in [6, 6.07) is 8.09. The van der Waals surface area contributed by atoms with Crippen LogP contribution in [0.25, 0.3) is 0 Å². The predicted molar refractivity (Wildman–Crippen MR) is 101 cm³/mol. The molecule has 0 saturated heterocycles. The van der Waals surface area contributed by atoms with Gasteiger partial charge in [0.05, 0.1) is 17.8 Å². The van der Waals surface area contributed by atoms with E-state index in [2.05, 4.69) is 40.5 Å². The van der Waals surface area contributed by atoms with Crippen molar-refractivity contribution in [3.05, 3.63) is 45.4 Å². The van der Waals surface area contributed by atoms with Gasteiger partial charge in [-0.25, -0.2) is 4.98 Å². The van der Waals surface area contributed by atoms with Gasteiger partial charge in [-0.05, 0) is 31.9 Å². The van der Waals surface area contributed by atoms with Gasteiger partial charge in [0.15, 0.2) is 5.96 Å². The molecule has 0 atom stereocenters. The van der Waals surface area contributed by atoms with Crippen LogP contribution < -0.4 is 15.4 Å². The highest BCUT2D eigenvalue weighted by molar-refractivity contribution is 7.11. The minimum absolute atomic E-state index is 0.801. The van der Waals surface area contributed by atoms with Gasteiger partial charge in [-0.3, -0.25) is 4.99 Å². The molecule has 5 nitrogen and oxygen atoms in total. The van der Waals surface area contributed by atoms with E-state index in [4.69, 9.17) is 4.74 Å². The summed E-state index contributed by atoms with van der Waals surface area (Å²) >= 11 is 1.77. The first-order valence-corrected chi connectivity index (χ1v) is 8.95. The highest BCUT2D eigenvalue weighted by atomic mass is 32.1. The number of benzene rings is 1. The first-order chi connectivity index (χ1) is 11.6. The average Bonchev–Trinajstić information content (AvgIpc) is 2.91. The van der Waals surface area contributed by atoms with E-state index in [1.54, 1.807) is 25.5 Å². The van der Waals surface area contributed by atoms with Crippen molar-refractivity contribution in [3.8, 4) is 5.75 Å². The normalized spacial score (nSPS) is 11.4. The van der Waals surface area contributed by atoms with Crippen LogP contribution in [0.15, 0.2) is 29.3 Å². The Hall–Kier alpha value is -2.08. The van der Waals surface area contributed by atoms with Crippen LogP contribution in [0.3, 0.4) is 0 Å². The third kappa shape index (κ3) is 5.23. The Morgan fingerprint density at radius 1 is 1.17 bits per heavy atom. The highest BCUT2D eigenvalue weighted by Crippen LogP contribution is 2.17. The fourth-order valence-corrected chi connectivity index (χ4v) is 3.31. The lowest BCUT2D eigenvalue weighted by atomic mass is 10.1. The van der Waals surface area contributed by atoms with Crippen molar-refractivity contribution in [2.75, 3.05) is 27.2 Å². The number of hydrogen-bond donors (Lipinski definition) is 2. The molecule has 1 heterocycles. The number of aryl methyl sites for hydroxylation is 2. The lowest BCUT2D eigenvalue weighted by molar-refractivity contribution is 0.409. The van der Waals surface area contributed by atoms with Crippen molar-refractivity contribution in [3.63, 3.8) is 0 Å². The monoisotopic (exact) mass is 346 g/mol. The SMILES string of the molecule is CN=C(NCCc1nc(C)c(C)s1)NCCc1ccccc1OC. The van der Waals surface area contributed by atoms with Crippen LogP contribution in [0, 0.1) is 13.8 Å². The van der Waals surface area contributed by atoms with Crippen molar-refractivity contribution < 1.29 is 4.74 Å². The minimum Gasteiger partial charge on any atom is -0.496 e. The molecule has 0 aliphatic rings. The van der Waals surface area contributed by atoms with Crippen molar-refractivity contribution in [1.82, 2.24) is 15.6 Å². The number of guanidine groups is 1. The zero-order chi connectivity index (χ0) is 17.4. The molecule has 0 aliphatic carbocycles. The summed E-state index contributed by atoms with van der Waals surface area (Å²) in [5.74, 6) is 1.74. The molecule has 24 heavy (non-hydrogen) atoms. The van der Waals surface area contributed by atoms with Crippen molar-refractivity contribution >= 4 is 17.3 Å². The zero-order valence-corrected chi connectivity index (χ0v) is 15.7. The molecule has 0 fully saturated rings. The number of nitrogens with one attached hydrogen (secondary N) is 2. The number of para-hydroxylation sites is 1. The van der Waals surface area contributed by atoms with E-state index in [-0.39, 0.29) is 0 Å². The molecule has 1 aromatic heterocycles. The Morgan fingerprint density at radius 3 is 2.50 bits per heavy atom. The van der Waals surface area contributed by atoms with E-state index in [0.29, 0.717) is 0 Å². The summed E-state index contributed by atoms with van der Waals surface area (Å²) < 4.78 is 5.38. The maximum Gasteiger partial charge on any atom is 0.191 e. The molecule has 2 N–H and O–H groups in total.